The molecule has 0 radical (unpaired) electrons. The van der Waals surface area contributed by atoms with E-state index in [1.165, 1.54) is 36.9 Å². The summed E-state index contributed by atoms with van der Waals surface area (Å²) in [5.74, 6) is 0. The fraction of sp³-hybridized carbons (Fsp3) is 0.571. The lowest BCUT2D eigenvalue weighted by molar-refractivity contribution is -0.926. The molecule has 1 heterocycles. The van der Waals surface area contributed by atoms with Gasteiger partial charge in [0.15, 0.2) is 0 Å². The van der Waals surface area contributed by atoms with Gasteiger partial charge in [0.25, 0.3) is 0 Å². The summed E-state index contributed by atoms with van der Waals surface area (Å²) in [5, 5.41) is 0. The lowest BCUT2D eigenvalue weighted by atomic mass is 9.93. The summed E-state index contributed by atoms with van der Waals surface area (Å²) in [6.07, 6.45) is 4.12. The van der Waals surface area contributed by atoms with Crippen LogP contribution in [0.2, 0.25) is 0 Å². The Kier molecular flexibility index (Phi) is 2.83. The number of rotatable bonds is 1. The first-order chi connectivity index (χ1) is 7.09. The van der Waals surface area contributed by atoms with E-state index >= 15 is 0 Å². The van der Waals surface area contributed by atoms with Crippen LogP contribution in [0, 0.1) is 6.92 Å². The topological polar surface area (TPSA) is 0 Å². The van der Waals surface area contributed by atoms with Crippen molar-refractivity contribution in [2.75, 3.05) is 20.6 Å². The molecule has 1 aromatic rings. The Morgan fingerprint density at radius 2 is 2.00 bits per heavy atom. The molecule has 1 heteroatoms. The van der Waals surface area contributed by atoms with E-state index in [1.54, 1.807) is 0 Å². The first-order valence-electron chi connectivity index (χ1n) is 5.99. The van der Waals surface area contributed by atoms with Gasteiger partial charge >= 0.3 is 0 Å². The van der Waals surface area contributed by atoms with Gasteiger partial charge in [-0.2, -0.15) is 0 Å². The summed E-state index contributed by atoms with van der Waals surface area (Å²) in [4.78, 5) is 0. The summed E-state index contributed by atoms with van der Waals surface area (Å²) in [5.41, 5.74) is 2.91. The lowest BCUT2D eigenvalue weighted by Gasteiger charge is -2.42. The van der Waals surface area contributed by atoms with Crippen molar-refractivity contribution in [2.24, 2.45) is 0 Å². The number of benzene rings is 1. The van der Waals surface area contributed by atoms with Crippen LogP contribution in [0.5, 0.6) is 0 Å². The fourth-order valence-corrected chi connectivity index (χ4v) is 2.81. The molecule has 1 unspecified atom stereocenters. The van der Waals surface area contributed by atoms with Gasteiger partial charge in [-0.3, -0.25) is 0 Å². The number of aryl methyl sites for hydroxylation is 1. The maximum absolute atomic E-state index is 2.37. The Labute approximate surface area is 93.3 Å². The number of likely N-dealkylation sites (tertiary alicyclic amines) is 1. The molecule has 1 nitrogen and oxygen atoms in total. The lowest BCUT2D eigenvalue weighted by Crippen LogP contribution is -2.46. The molecule has 1 saturated heterocycles. The number of nitrogens with zero attached hydrogens (tertiary/aromatic N) is 1. The van der Waals surface area contributed by atoms with Crippen molar-refractivity contribution in [3.8, 4) is 0 Å². The molecular weight excluding hydrogens is 182 g/mol. The van der Waals surface area contributed by atoms with E-state index in [0.717, 1.165) is 4.48 Å². The fourth-order valence-electron chi connectivity index (χ4n) is 2.81. The molecule has 0 aromatic heterocycles. The first kappa shape index (κ1) is 10.7. The third kappa shape index (κ3) is 2.23. The number of piperidine rings is 1. The molecule has 2 rings (SSSR count). The van der Waals surface area contributed by atoms with E-state index in [-0.39, 0.29) is 0 Å². The maximum Gasteiger partial charge on any atom is 0.114 e. The Hall–Kier alpha value is -0.820. The zero-order chi connectivity index (χ0) is 10.9. The van der Waals surface area contributed by atoms with Crippen LogP contribution in [0.1, 0.15) is 36.4 Å². The van der Waals surface area contributed by atoms with Crippen molar-refractivity contribution in [2.45, 2.75) is 32.2 Å². The Bertz CT molecular complexity index is 341. The van der Waals surface area contributed by atoms with Gasteiger partial charge in [0.1, 0.15) is 6.04 Å². The third-order valence-electron chi connectivity index (χ3n) is 3.73. The van der Waals surface area contributed by atoms with E-state index in [2.05, 4.69) is 45.3 Å². The summed E-state index contributed by atoms with van der Waals surface area (Å²) >= 11 is 0. The largest absolute Gasteiger partial charge is 0.322 e. The normalized spacial score (nSPS) is 25.1. The van der Waals surface area contributed by atoms with Crippen LogP contribution in [-0.2, 0) is 0 Å². The number of quaternary nitrogens is 1. The summed E-state index contributed by atoms with van der Waals surface area (Å²) < 4.78 is 1.16. The maximum atomic E-state index is 2.37. The molecule has 1 atom stereocenters. The molecule has 0 spiro atoms. The van der Waals surface area contributed by atoms with Gasteiger partial charge < -0.3 is 4.48 Å². The van der Waals surface area contributed by atoms with Gasteiger partial charge in [-0.25, -0.2) is 0 Å². The van der Waals surface area contributed by atoms with E-state index < -0.39 is 0 Å². The predicted molar refractivity (Wildman–Crippen MR) is 64.7 cm³/mol. The quantitative estimate of drug-likeness (QED) is 0.616. The highest BCUT2D eigenvalue weighted by Crippen LogP contribution is 2.34. The highest BCUT2D eigenvalue weighted by atomic mass is 15.3. The molecule has 0 N–H and O–H groups in total. The van der Waals surface area contributed by atoms with Crippen LogP contribution in [0.4, 0.5) is 0 Å². The molecule has 0 aliphatic carbocycles. The minimum absolute atomic E-state index is 0.707. The van der Waals surface area contributed by atoms with Crippen molar-refractivity contribution in [3.05, 3.63) is 35.4 Å². The van der Waals surface area contributed by atoms with Crippen molar-refractivity contribution in [1.82, 2.24) is 0 Å². The molecule has 1 aliphatic heterocycles. The Balaban J connectivity index is 2.29. The zero-order valence-electron chi connectivity index (χ0n) is 10.2. The highest BCUT2D eigenvalue weighted by molar-refractivity contribution is 5.24. The molecule has 0 amide bonds. The smallest absolute Gasteiger partial charge is 0.114 e. The summed E-state index contributed by atoms with van der Waals surface area (Å²) in [6, 6.07) is 9.74. The van der Waals surface area contributed by atoms with E-state index in [4.69, 9.17) is 0 Å². The molecule has 1 fully saturated rings. The standard InChI is InChI=1S/C14H22N/c1-12-7-6-8-13(11-12)14-9-4-5-10-15(14,2)3/h6-8,11,14H,4-5,9-10H2,1-3H3/q+1. The van der Waals surface area contributed by atoms with Gasteiger partial charge in [-0.1, -0.05) is 29.8 Å². The molecule has 1 aromatic carbocycles. The second-order valence-corrected chi connectivity index (χ2v) is 5.43. The highest BCUT2D eigenvalue weighted by Gasteiger charge is 2.32. The van der Waals surface area contributed by atoms with E-state index in [1.807, 2.05) is 0 Å². The van der Waals surface area contributed by atoms with Crippen LogP contribution in [0.25, 0.3) is 0 Å². The minimum Gasteiger partial charge on any atom is -0.322 e. The van der Waals surface area contributed by atoms with Crippen LogP contribution in [0.3, 0.4) is 0 Å². The first-order valence-corrected chi connectivity index (χ1v) is 5.99. The van der Waals surface area contributed by atoms with Gasteiger partial charge in [-0.15, -0.1) is 0 Å². The van der Waals surface area contributed by atoms with Crippen molar-refractivity contribution >= 4 is 0 Å². The predicted octanol–water partition coefficient (Wildman–Crippen LogP) is 3.30. The van der Waals surface area contributed by atoms with Crippen LogP contribution in [0.15, 0.2) is 24.3 Å². The second-order valence-electron chi connectivity index (χ2n) is 5.43. The van der Waals surface area contributed by atoms with Crippen LogP contribution < -0.4 is 0 Å². The van der Waals surface area contributed by atoms with Crippen LogP contribution in [-0.4, -0.2) is 25.1 Å². The molecule has 0 saturated carbocycles. The average Bonchev–Trinajstić information content (AvgIpc) is 2.17. The van der Waals surface area contributed by atoms with E-state index in [9.17, 15) is 0 Å². The average molecular weight is 204 g/mol. The van der Waals surface area contributed by atoms with Crippen molar-refractivity contribution in [1.29, 1.82) is 0 Å². The molecular formula is C14H22N+. The Morgan fingerprint density at radius 3 is 2.67 bits per heavy atom. The summed E-state index contributed by atoms with van der Waals surface area (Å²) in [7, 11) is 4.73. The van der Waals surface area contributed by atoms with E-state index in [0.29, 0.717) is 6.04 Å². The number of hydrogen-bond donors (Lipinski definition) is 0. The SMILES string of the molecule is Cc1cccc(C2CCCC[N+]2(C)C)c1. The Morgan fingerprint density at radius 1 is 1.20 bits per heavy atom. The molecule has 1 aliphatic rings. The van der Waals surface area contributed by atoms with Gasteiger partial charge in [0.05, 0.1) is 20.6 Å². The van der Waals surface area contributed by atoms with Gasteiger partial charge in [0, 0.05) is 12.0 Å². The zero-order valence-corrected chi connectivity index (χ0v) is 10.2. The molecule has 82 valence electrons. The number of hydrogen-bond acceptors (Lipinski definition) is 0. The van der Waals surface area contributed by atoms with Crippen molar-refractivity contribution in [3.63, 3.8) is 0 Å². The van der Waals surface area contributed by atoms with Gasteiger partial charge in [-0.05, 0) is 19.8 Å². The van der Waals surface area contributed by atoms with Crippen molar-refractivity contribution < 1.29 is 4.48 Å². The molecule has 0 bridgehead atoms. The second kappa shape index (κ2) is 3.97. The van der Waals surface area contributed by atoms with Gasteiger partial charge in [0.2, 0.25) is 0 Å². The molecule has 15 heavy (non-hydrogen) atoms. The van der Waals surface area contributed by atoms with Crippen LogP contribution >= 0.6 is 0 Å². The monoisotopic (exact) mass is 204 g/mol. The summed E-state index contributed by atoms with van der Waals surface area (Å²) in [6.45, 7) is 3.50. The minimum atomic E-state index is 0.707. The third-order valence-corrected chi connectivity index (χ3v) is 3.73.